The first-order valence-corrected chi connectivity index (χ1v) is 9.97. The van der Waals surface area contributed by atoms with E-state index in [9.17, 15) is 14.0 Å². The molecule has 1 aromatic heterocycles. The van der Waals surface area contributed by atoms with Crippen LogP contribution in [0.25, 0.3) is 0 Å². The zero-order chi connectivity index (χ0) is 19.5. The van der Waals surface area contributed by atoms with Crippen LogP contribution in [0.5, 0.6) is 0 Å². The van der Waals surface area contributed by atoms with E-state index in [0.717, 1.165) is 38.8 Å². The summed E-state index contributed by atoms with van der Waals surface area (Å²) in [6.07, 6.45) is 5.54. The van der Waals surface area contributed by atoms with E-state index in [4.69, 9.17) is 0 Å². The minimum atomic E-state index is -0.360. The Morgan fingerprint density at radius 1 is 1.11 bits per heavy atom. The first-order valence-electron chi connectivity index (χ1n) is 9.97. The van der Waals surface area contributed by atoms with Gasteiger partial charge in [0.25, 0.3) is 5.91 Å². The lowest BCUT2D eigenvalue weighted by atomic mass is 9.90. The maximum absolute atomic E-state index is 13.1. The number of halogens is 1. The summed E-state index contributed by atoms with van der Waals surface area (Å²) in [6, 6.07) is 7.67. The Kier molecular flexibility index (Phi) is 5.52. The molecule has 0 spiro atoms. The van der Waals surface area contributed by atoms with E-state index in [0.29, 0.717) is 24.3 Å². The summed E-state index contributed by atoms with van der Waals surface area (Å²) in [6.45, 7) is 2.91. The van der Waals surface area contributed by atoms with Crippen LogP contribution in [0.4, 0.5) is 4.39 Å². The van der Waals surface area contributed by atoms with Crippen molar-refractivity contribution in [2.75, 3.05) is 26.2 Å². The van der Waals surface area contributed by atoms with Crippen molar-refractivity contribution in [2.24, 2.45) is 5.92 Å². The number of nitrogens with one attached hydrogen (secondary N) is 1. The van der Waals surface area contributed by atoms with Gasteiger partial charge in [-0.3, -0.25) is 14.3 Å². The van der Waals surface area contributed by atoms with E-state index in [1.807, 2.05) is 10.9 Å². The van der Waals surface area contributed by atoms with E-state index in [-0.39, 0.29) is 29.5 Å². The van der Waals surface area contributed by atoms with Gasteiger partial charge in [-0.15, -0.1) is 0 Å². The fraction of sp³-hybridized carbons (Fsp3) is 0.476. The van der Waals surface area contributed by atoms with Gasteiger partial charge in [-0.25, -0.2) is 4.39 Å². The summed E-state index contributed by atoms with van der Waals surface area (Å²) in [7, 11) is 0. The highest BCUT2D eigenvalue weighted by molar-refractivity contribution is 5.99. The smallest absolute Gasteiger partial charge is 0.274 e. The first kappa shape index (κ1) is 18.8. The van der Waals surface area contributed by atoms with Crippen LogP contribution >= 0.6 is 0 Å². The number of ketones is 1. The summed E-state index contributed by atoms with van der Waals surface area (Å²) in [5.74, 6) is -0.774. The lowest BCUT2D eigenvalue weighted by Gasteiger charge is -2.31. The van der Waals surface area contributed by atoms with Crippen molar-refractivity contribution in [1.29, 1.82) is 0 Å². The summed E-state index contributed by atoms with van der Waals surface area (Å²) in [5, 5.41) is 7.86. The maximum Gasteiger partial charge on any atom is 0.274 e. The molecular weight excluding hydrogens is 359 g/mol. The molecule has 0 aliphatic carbocycles. The number of benzene rings is 1. The molecule has 7 heteroatoms. The highest BCUT2D eigenvalue weighted by Gasteiger charge is 2.30. The molecule has 0 bridgehead atoms. The van der Waals surface area contributed by atoms with Gasteiger partial charge in [0, 0.05) is 37.3 Å². The van der Waals surface area contributed by atoms with Gasteiger partial charge in [-0.1, -0.05) is 0 Å². The molecule has 2 atom stereocenters. The van der Waals surface area contributed by atoms with Crippen LogP contribution in [0.3, 0.4) is 0 Å². The lowest BCUT2D eigenvalue weighted by molar-refractivity contribution is 0.0631. The number of Topliss-reactive ketones (excluding diaryl/α,β-unsaturated/α-hetero) is 1. The Morgan fingerprint density at radius 3 is 2.68 bits per heavy atom. The van der Waals surface area contributed by atoms with Crippen molar-refractivity contribution in [2.45, 2.75) is 31.7 Å². The molecule has 2 saturated heterocycles. The molecule has 28 heavy (non-hydrogen) atoms. The maximum atomic E-state index is 13.1. The number of likely N-dealkylation sites (tertiary alicyclic amines) is 1. The van der Waals surface area contributed by atoms with E-state index in [1.165, 1.54) is 24.3 Å². The number of carbonyl (C=O) groups excluding carboxylic acids is 2. The fourth-order valence-electron chi connectivity index (χ4n) is 4.10. The van der Waals surface area contributed by atoms with Crippen molar-refractivity contribution in [3.63, 3.8) is 0 Å². The van der Waals surface area contributed by atoms with Gasteiger partial charge in [0.1, 0.15) is 11.5 Å². The Balaban J connectivity index is 1.42. The van der Waals surface area contributed by atoms with Gasteiger partial charge in [0.2, 0.25) is 0 Å². The molecule has 2 aliphatic rings. The van der Waals surface area contributed by atoms with Gasteiger partial charge >= 0.3 is 0 Å². The van der Waals surface area contributed by atoms with Gasteiger partial charge in [-0.05, 0) is 62.6 Å². The second-order valence-corrected chi connectivity index (χ2v) is 7.64. The molecular formula is C21H25FN4O2. The number of hydrogen-bond donors (Lipinski definition) is 1. The molecule has 6 nitrogen and oxygen atoms in total. The number of nitrogens with zero attached hydrogens (tertiary/aromatic N) is 3. The van der Waals surface area contributed by atoms with Gasteiger partial charge in [-0.2, -0.15) is 5.10 Å². The zero-order valence-corrected chi connectivity index (χ0v) is 15.8. The number of amides is 1. The monoisotopic (exact) mass is 384 g/mol. The predicted molar refractivity (Wildman–Crippen MR) is 103 cm³/mol. The number of carbonyl (C=O) groups is 2. The summed E-state index contributed by atoms with van der Waals surface area (Å²) < 4.78 is 15.0. The van der Waals surface area contributed by atoms with Crippen LogP contribution in [-0.2, 0) is 0 Å². The second kappa shape index (κ2) is 8.22. The summed E-state index contributed by atoms with van der Waals surface area (Å²) in [5.41, 5.74) is 0.926. The quantitative estimate of drug-likeness (QED) is 0.823. The average molecular weight is 384 g/mol. The Bertz CT molecular complexity index is 842. The van der Waals surface area contributed by atoms with Gasteiger partial charge < -0.3 is 10.2 Å². The van der Waals surface area contributed by atoms with Gasteiger partial charge in [0.15, 0.2) is 5.78 Å². The molecule has 2 unspecified atom stereocenters. The molecule has 2 aromatic rings. The minimum Gasteiger partial charge on any atom is -0.337 e. The molecule has 0 radical (unpaired) electrons. The fourth-order valence-corrected chi connectivity index (χ4v) is 4.10. The van der Waals surface area contributed by atoms with Gasteiger partial charge in [0.05, 0.1) is 6.04 Å². The summed E-state index contributed by atoms with van der Waals surface area (Å²) in [4.78, 5) is 27.4. The van der Waals surface area contributed by atoms with Crippen LogP contribution in [0.1, 0.15) is 52.6 Å². The molecule has 1 aromatic carbocycles. The summed E-state index contributed by atoms with van der Waals surface area (Å²) >= 11 is 0. The van der Waals surface area contributed by atoms with Crippen molar-refractivity contribution >= 4 is 11.7 Å². The number of hydrogen-bond acceptors (Lipinski definition) is 4. The van der Waals surface area contributed by atoms with Crippen molar-refractivity contribution in [3.8, 4) is 0 Å². The molecule has 2 aliphatic heterocycles. The zero-order valence-electron chi connectivity index (χ0n) is 15.8. The second-order valence-electron chi connectivity index (χ2n) is 7.64. The van der Waals surface area contributed by atoms with E-state index < -0.39 is 0 Å². The number of piperidine rings is 2. The molecule has 3 heterocycles. The van der Waals surface area contributed by atoms with Crippen LogP contribution in [-0.4, -0.2) is 52.5 Å². The van der Waals surface area contributed by atoms with Crippen molar-refractivity contribution in [3.05, 3.63) is 53.6 Å². The van der Waals surface area contributed by atoms with Crippen molar-refractivity contribution in [1.82, 2.24) is 20.0 Å². The minimum absolute atomic E-state index is 0.0312. The third kappa shape index (κ3) is 3.99. The SMILES string of the molecule is O=C(c1ccc(F)cc1)C1CCCN(C(=O)c2ccn(C3CCCNC3)n2)C1. The molecule has 0 saturated carbocycles. The largest absolute Gasteiger partial charge is 0.337 e. The third-order valence-corrected chi connectivity index (χ3v) is 5.68. The lowest BCUT2D eigenvalue weighted by Crippen LogP contribution is -2.42. The molecule has 148 valence electrons. The van der Waals surface area contributed by atoms with E-state index in [1.54, 1.807) is 11.0 Å². The van der Waals surface area contributed by atoms with Crippen molar-refractivity contribution < 1.29 is 14.0 Å². The average Bonchev–Trinajstić information content (AvgIpc) is 3.24. The van der Waals surface area contributed by atoms with Crippen LogP contribution < -0.4 is 5.32 Å². The molecule has 1 amide bonds. The first-order chi connectivity index (χ1) is 13.6. The highest BCUT2D eigenvalue weighted by atomic mass is 19.1. The Labute approximate surface area is 163 Å². The van der Waals surface area contributed by atoms with Crippen LogP contribution in [0.15, 0.2) is 36.5 Å². The molecule has 4 rings (SSSR count). The van der Waals surface area contributed by atoms with Crippen LogP contribution in [0, 0.1) is 11.7 Å². The third-order valence-electron chi connectivity index (χ3n) is 5.68. The van der Waals surface area contributed by atoms with E-state index >= 15 is 0 Å². The Morgan fingerprint density at radius 2 is 1.93 bits per heavy atom. The van der Waals surface area contributed by atoms with E-state index in [2.05, 4.69) is 10.4 Å². The topological polar surface area (TPSA) is 67.2 Å². The Hall–Kier alpha value is -2.54. The standard InChI is InChI=1S/C21H25FN4O2/c22-17-7-5-15(6-8-17)20(27)16-3-2-11-25(14-16)21(28)19-9-12-26(24-19)18-4-1-10-23-13-18/h5-9,12,16,18,23H,1-4,10-11,13-14H2. The number of rotatable bonds is 4. The van der Waals surface area contributed by atoms with Crippen LogP contribution in [0.2, 0.25) is 0 Å². The predicted octanol–water partition coefficient (Wildman–Crippen LogP) is 2.68. The number of aromatic nitrogens is 2. The highest BCUT2D eigenvalue weighted by Crippen LogP contribution is 2.23. The molecule has 1 N–H and O–H groups in total. The molecule has 2 fully saturated rings. The normalized spacial score (nSPS) is 22.8.